The van der Waals surface area contributed by atoms with Gasteiger partial charge in [0.05, 0.1) is 6.61 Å². The first-order chi connectivity index (χ1) is 7.29. The third-order valence-corrected chi connectivity index (χ3v) is 3.20. The standard InChI is InChI=1S/C12H26N2O/c1-3-4-8-15-9-7-14(2)12(10-13)11-5-6-11/h11-12H,3-10,13H2,1-2H3. The summed E-state index contributed by atoms with van der Waals surface area (Å²) < 4.78 is 5.56. The number of nitrogens with two attached hydrogens (primary N) is 1. The molecule has 0 bridgehead atoms. The molecule has 0 heterocycles. The number of ether oxygens (including phenoxy) is 1. The maximum absolute atomic E-state index is 5.78. The molecule has 0 aromatic carbocycles. The van der Waals surface area contributed by atoms with E-state index in [4.69, 9.17) is 10.5 Å². The SMILES string of the molecule is CCCCOCCN(C)C(CN)C1CC1. The van der Waals surface area contributed by atoms with E-state index in [1.54, 1.807) is 0 Å². The van der Waals surface area contributed by atoms with Crippen LogP contribution in [0.4, 0.5) is 0 Å². The molecule has 15 heavy (non-hydrogen) atoms. The molecule has 0 spiro atoms. The van der Waals surface area contributed by atoms with Crippen molar-refractivity contribution >= 4 is 0 Å². The molecule has 0 saturated heterocycles. The zero-order chi connectivity index (χ0) is 11.1. The first kappa shape index (κ1) is 12.9. The fourth-order valence-electron chi connectivity index (χ4n) is 1.94. The van der Waals surface area contributed by atoms with Crippen molar-refractivity contribution in [3.63, 3.8) is 0 Å². The van der Waals surface area contributed by atoms with Crippen LogP contribution in [-0.4, -0.2) is 44.3 Å². The van der Waals surface area contributed by atoms with Crippen molar-refractivity contribution < 1.29 is 4.74 Å². The molecule has 1 rings (SSSR count). The van der Waals surface area contributed by atoms with Gasteiger partial charge in [0.15, 0.2) is 0 Å². The van der Waals surface area contributed by atoms with Gasteiger partial charge in [0, 0.05) is 25.7 Å². The maximum atomic E-state index is 5.78. The monoisotopic (exact) mass is 214 g/mol. The number of rotatable bonds is 9. The van der Waals surface area contributed by atoms with Crippen molar-refractivity contribution in [1.82, 2.24) is 4.90 Å². The molecule has 0 aromatic heterocycles. The van der Waals surface area contributed by atoms with Crippen LogP contribution in [0.2, 0.25) is 0 Å². The van der Waals surface area contributed by atoms with Crippen LogP contribution in [-0.2, 0) is 4.74 Å². The molecule has 2 N–H and O–H groups in total. The molecule has 1 aliphatic rings. The second-order valence-electron chi connectivity index (χ2n) is 4.59. The van der Waals surface area contributed by atoms with E-state index < -0.39 is 0 Å². The van der Waals surface area contributed by atoms with Crippen LogP contribution in [0, 0.1) is 5.92 Å². The van der Waals surface area contributed by atoms with Gasteiger partial charge in [-0.3, -0.25) is 4.90 Å². The Hall–Kier alpha value is -0.120. The van der Waals surface area contributed by atoms with Crippen molar-refractivity contribution in [2.24, 2.45) is 11.7 Å². The van der Waals surface area contributed by atoms with Crippen molar-refractivity contribution in [2.75, 3.05) is 33.4 Å². The third-order valence-electron chi connectivity index (χ3n) is 3.20. The minimum Gasteiger partial charge on any atom is -0.380 e. The fraction of sp³-hybridized carbons (Fsp3) is 1.00. The molecule has 0 amide bonds. The Morgan fingerprint density at radius 2 is 2.13 bits per heavy atom. The van der Waals surface area contributed by atoms with Crippen molar-refractivity contribution in [3.05, 3.63) is 0 Å². The molecule has 3 nitrogen and oxygen atoms in total. The second kappa shape index (κ2) is 7.20. The molecule has 0 aromatic rings. The highest BCUT2D eigenvalue weighted by Gasteiger charge is 2.32. The van der Waals surface area contributed by atoms with Crippen LogP contribution in [0.1, 0.15) is 32.6 Å². The average molecular weight is 214 g/mol. The zero-order valence-corrected chi connectivity index (χ0v) is 10.2. The van der Waals surface area contributed by atoms with Gasteiger partial charge in [0.2, 0.25) is 0 Å². The molecular weight excluding hydrogens is 188 g/mol. The largest absolute Gasteiger partial charge is 0.380 e. The normalized spacial score (nSPS) is 18.4. The summed E-state index contributed by atoms with van der Waals surface area (Å²) >= 11 is 0. The van der Waals surface area contributed by atoms with E-state index >= 15 is 0 Å². The summed E-state index contributed by atoms with van der Waals surface area (Å²) in [6.07, 6.45) is 5.11. The fourth-order valence-corrected chi connectivity index (χ4v) is 1.94. The molecule has 0 radical (unpaired) electrons. The van der Waals surface area contributed by atoms with Gasteiger partial charge in [-0.05, 0) is 32.2 Å². The van der Waals surface area contributed by atoms with Gasteiger partial charge in [-0.2, -0.15) is 0 Å². The van der Waals surface area contributed by atoms with Crippen LogP contribution in [0.15, 0.2) is 0 Å². The van der Waals surface area contributed by atoms with Crippen LogP contribution >= 0.6 is 0 Å². The van der Waals surface area contributed by atoms with Gasteiger partial charge >= 0.3 is 0 Å². The molecule has 0 aliphatic heterocycles. The molecule has 90 valence electrons. The molecule has 1 saturated carbocycles. The molecule has 1 unspecified atom stereocenters. The summed E-state index contributed by atoms with van der Waals surface area (Å²) in [5.74, 6) is 0.857. The van der Waals surface area contributed by atoms with E-state index in [0.717, 1.165) is 32.2 Å². The predicted octanol–water partition coefficient (Wildman–Crippen LogP) is 1.47. The Labute approximate surface area is 94.0 Å². The Bertz CT molecular complexity index is 160. The molecule has 3 heteroatoms. The quantitative estimate of drug-likeness (QED) is 0.591. The Morgan fingerprint density at radius 3 is 2.67 bits per heavy atom. The third kappa shape index (κ3) is 4.96. The summed E-state index contributed by atoms with van der Waals surface area (Å²) in [4.78, 5) is 2.36. The van der Waals surface area contributed by atoms with Crippen LogP contribution in [0.3, 0.4) is 0 Å². The second-order valence-corrected chi connectivity index (χ2v) is 4.59. The first-order valence-corrected chi connectivity index (χ1v) is 6.27. The van der Waals surface area contributed by atoms with Crippen molar-refractivity contribution in [3.8, 4) is 0 Å². The predicted molar refractivity (Wildman–Crippen MR) is 63.9 cm³/mol. The highest BCUT2D eigenvalue weighted by atomic mass is 16.5. The van der Waals surface area contributed by atoms with Crippen molar-refractivity contribution in [1.29, 1.82) is 0 Å². The van der Waals surface area contributed by atoms with Crippen LogP contribution < -0.4 is 5.73 Å². The minimum absolute atomic E-state index is 0.583. The summed E-state index contributed by atoms with van der Waals surface area (Å²) in [5.41, 5.74) is 5.78. The maximum Gasteiger partial charge on any atom is 0.0593 e. The van der Waals surface area contributed by atoms with Crippen molar-refractivity contribution in [2.45, 2.75) is 38.6 Å². The lowest BCUT2D eigenvalue weighted by molar-refractivity contribution is 0.0935. The van der Waals surface area contributed by atoms with E-state index in [1.165, 1.54) is 25.7 Å². The number of hydrogen-bond donors (Lipinski definition) is 1. The van der Waals surface area contributed by atoms with E-state index in [9.17, 15) is 0 Å². The van der Waals surface area contributed by atoms with Gasteiger partial charge in [0.1, 0.15) is 0 Å². The smallest absolute Gasteiger partial charge is 0.0593 e. The molecule has 1 atom stereocenters. The van der Waals surface area contributed by atoms with E-state index in [1.807, 2.05) is 0 Å². The topological polar surface area (TPSA) is 38.5 Å². The van der Waals surface area contributed by atoms with E-state index in [-0.39, 0.29) is 0 Å². The van der Waals surface area contributed by atoms with E-state index in [2.05, 4.69) is 18.9 Å². The Balaban J connectivity index is 2.03. The summed E-state index contributed by atoms with van der Waals surface area (Å²) in [6, 6.07) is 0.583. The van der Waals surface area contributed by atoms with Gasteiger partial charge < -0.3 is 10.5 Å². The lowest BCUT2D eigenvalue weighted by atomic mass is 10.1. The van der Waals surface area contributed by atoms with Gasteiger partial charge in [-0.25, -0.2) is 0 Å². The highest BCUT2D eigenvalue weighted by Crippen LogP contribution is 2.34. The Kier molecular flexibility index (Phi) is 6.22. The average Bonchev–Trinajstić information content (AvgIpc) is 3.03. The highest BCUT2D eigenvalue weighted by molar-refractivity contribution is 4.87. The summed E-state index contributed by atoms with van der Waals surface area (Å²) in [5, 5.41) is 0. The lowest BCUT2D eigenvalue weighted by Gasteiger charge is -2.26. The van der Waals surface area contributed by atoms with Gasteiger partial charge in [0.25, 0.3) is 0 Å². The van der Waals surface area contributed by atoms with Gasteiger partial charge in [-0.15, -0.1) is 0 Å². The lowest BCUT2D eigenvalue weighted by Crippen LogP contribution is -2.41. The van der Waals surface area contributed by atoms with E-state index in [0.29, 0.717) is 6.04 Å². The molecule has 1 aliphatic carbocycles. The number of hydrogen-bond acceptors (Lipinski definition) is 3. The van der Waals surface area contributed by atoms with Crippen LogP contribution in [0.5, 0.6) is 0 Å². The number of nitrogens with zero attached hydrogens (tertiary/aromatic N) is 1. The molecular formula is C12H26N2O. The van der Waals surface area contributed by atoms with Crippen LogP contribution in [0.25, 0.3) is 0 Å². The minimum atomic E-state index is 0.583. The Morgan fingerprint density at radius 1 is 1.40 bits per heavy atom. The molecule has 1 fully saturated rings. The number of likely N-dealkylation sites (N-methyl/N-ethyl adjacent to an activating group) is 1. The number of unbranched alkanes of at least 4 members (excludes halogenated alkanes) is 1. The zero-order valence-electron chi connectivity index (χ0n) is 10.2. The summed E-state index contributed by atoms with van der Waals surface area (Å²) in [7, 11) is 2.17. The first-order valence-electron chi connectivity index (χ1n) is 6.27. The van der Waals surface area contributed by atoms with Gasteiger partial charge in [-0.1, -0.05) is 13.3 Å². The summed E-state index contributed by atoms with van der Waals surface area (Å²) in [6.45, 7) is 5.74.